The molecule has 4 N–H and O–H groups in total. The molecule has 0 bridgehead atoms. The van der Waals surface area contributed by atoms with Gasteiger partial charge in [0.1, 0.15) is 0 Å². The van der Waals surface area contributed by atoms with E-state index in [1.807, 2.05) is 42.5 Å². The van der Waals surface area contributed by atoms with Gasteiger partial charge in [-0.05, 0) is 145 Å². The van der Waals surface area contributed by atoms with Gasteiger partial charge >= 0.3 is 5.97 Å². The summed E-state index contributed by atoms with van der Waals surface area (Å²) in [4.78, 5) is 25.4. The quantitative estimate of drug-likeness (QED) is 0.195. The van der Waals surface area contributed by atoms with Gasteiger partial charge in [0.25, 0.3) is 0 Å². The summed E-state index contributed by atoms with van der Waals surface area (Å²) >= 11 is 0. The summed E-state index contributed by atoms with van der Waals surface area (Å²) in [6.45, 7) is 19.6. The van der Waals surface area contributed by atoms with Gasteiger partial charge in [0.2, 0.25) is 5.91 Å². The van der Waals surface area contributed by atoms with Gasteiger partial charge in [0.05, 0.1) is 24.8 Å². The molecular weight excluding hydrogens is 645 g/mol. The largest absolute Gasteiger partial charge is 0.478 e. The summed E-state index contributed by atoms with van der Waals surface area (Å²) in [5.74, 6) is 1.60. The number of carbonyl (C=O) groups is 2. The normalized spacial score (nSPS) is 38.1. The van der Waals surface area contributed by atoms with Crippen molar-refractivity contribution in [2.75, 3.05) is 13.2 Å². The molecule has 4 fully saturated rings. The van der Waals surface area contributed by atoms with E-state index in [2.05, 4.69) is 64.8 Å². The van der Waals surface area contributed by atoms with Crippen molar-refractivity contribution in [1.82, 2.24) is 10.6 Å². The van der Waals surface area contributed by atoms with Crippen LogP contribution >= 0.6 is 0 Å². The number of allylic oxidation sites excluding steroid dienone is 3. The van der Waals surface area contributed by atoms with Gasteiger partial charge in [-0.3, -0.25) is 10.1 Å². The number of benzene rings is 2. The summed E-state index contributed by atoms with van der Waals surface area (Å²) in [5, 5.41) is 26.6. The van der Waals surface area contributed by atoms with E-state index < -0.39 is 5.97 Å². The topological polar surface area (TPSA) is 98.7 Å². The number of nitrogens with one attached hydrogen (secondary N) is 2. The van der Waals surface area contributed by atoms with Gasteiger partial charge in [-0.2, -0.15) is 0 Å². The third kappa shape index (κ3) is 5.65. The Morgan fingerprint density at radius 2 is 1.58 bits per heavy atom. The van der Waals surface area contributed by atoms with E-state index in [-0.39, 0.29) is 52.3 Å². The first-order valence-electron chi connectivity index (χ1n) is 20.0. The summed E-state index contributed by atoms with van der Waals surface area (Å²) in [5.41, 5.74) is 5.39. The fraction of sp³-hybridized carbons (Fsp3) is 0.609. The van der Waals surface area contributed by atoms with E-state index in [1.165, 1.54) is 36.8 Å². The lowest BCUT2D eigenvalue weighted by Gasteiger charge is -2.72. The Morgan fingerprint density at radius 3 is 2.23 bits per heavy atom. The van der Waals surface area contributed by atoms with E-state index in [1.54, 1.807) is 12.1 Å². The lowest BCUT2D eigenvalue weighted by Crippen LogP contribution is -2.68. The fourth-order valence-electron chi connectivity index (χ4n) is 13.8. The van der Waals surface area contributed by atoms with E-state index in [9.17, 15) is 19.8 Å². The number of aliphatic hydroxyl groups excluding tert-OH is 1. The highest BCUT2D eigenvalue weighted by Crippen LogP contribution is 2.76. The van der Waals surface area contributed by atoms with Crippen LogP contribution in [0.1, 0.15) is 127 Å². The molecule has 0 aromatic heterocycles. The fourth-order valence-corrected chi connectivity index (χ4v) is 13.8. The van der Waals surface area contributed by atoms with Gasteiger partial charge in [-0.1, -0.05) is 95.3 Å². The molecule has 2 aromatic rings. The molecule has 10 unspecified atom stereocenters. The standard InChI is InChI=1S/C46H62N2O4/c1-29(2)33-19-24-46(48-39(50)27-47-36(28-49)31-11-9-8-10-12-31)26-25-44(6)35(40(33)46)17-18-38-43(5)22-20-34(30-13-15-32(16-14-30)41(51)52)42(3,4)37(43)21-23-45(38,44)7/h8-16,20,33,35-38,40,47,49H,1,17-19,21-28H2,2-7H3,(H,48,50)(H,51,52). The zero-order valence-electron chi connectivity index (χ0n) is 32.4. The smallest absolute Gasteiger partial charge is 0.335 e. The molecule has 6 nitrogen and oxygen atoms in total. The van der Waals surface area contributed by atoms with E-state index >= 15 is 0 Å². The molecule has 0 radical (unpaired) electrons. The molecule has 52 heavy (non-hydrogen) atoms. The molecule has 5 aliphatic rings. The summed E-state index contributed by atoms with van der Waals surface area (Å²) in [6, 6.07) is 17.1. The number of aromatic carboxylic acids is 1. The second-order valence-corrected chi connectivity index (χ2v) is 18.8. The van der Waals surface area contributed by atoms with Crippen molar-refractivity contribution in [2.45, 2.75) is 111 Å². The van der Waals surface area contributed by atoms with Crippen molar-refractivity contribution in [3.8, 4) is 0 Å². The van der Waals surface area contributed by atoms with E-state index in [0.29, 0.717) is 35.2 Å². The average Bonchev–Trinajstić information content (AvgIpc) is 3.49. The van der Waals surface area contributed by atoms with Crippen molar-refractivity contribution in [3.63, 3.8) is 0 Å². The molecule has 0 spiro atoms. The SMILES string of the molecule is C=C(C)C1CCC2(NC(=O)CNC(CO)c3ccccc3)CCC3(C)C(CCC4C5(C)CC=C(c6ccc(C(=O)O)cc6)C(C)(C)C5CCC43C)C12. The first-order chi connectivity index (χ1) is 24.6. The maximum absolute atomic E-state index is 13.8. The van der Waals surface area contributed by atoms with Crippen LogP contribution < -0.4 is 10.6 Å². The number of carbonyl (C=O) groups excluding carboxylic acids is 1. The average molecular weight is 707 g/mol. The van der Waals surface area contributed by atoms with Gasteiger partial charge in [-0.15, -0.1) is 0 Å². The van der Waals surface area contributed by atoms with Gasteiger partial charge in [0, 0.05) is 5.54 Å². The summed E-state index contributed by atoms with van der Waals surface area (Å²) in [6.07, 6.45) is 12.6. The molecule has 4 saturated carbocycles. The molecule has 2 aromatic carbocycles. The second kappa shape index (κ2) is 13.3. The monoisotopic (exact) mass is 706 g/mol. The van der Waals surface area contributed by atoms with Crippen LogP contribution in [0.25, 0.3) is 5.57 Å². The minimum Gasteiger partial charge on any atom is -0.478 e. The molecule has 0 saturated heterocycles. The Labute approximate surface area is 311 Å². The van der Waals surface area contributed by atoms with Crippen LogP contribution in [0, 0.1) is 51.2 Å². The molecule has 7 rings (SSSR count). The van der Waals surface area contributed by atoms with E-state index in [4.69, 9.17) is 0 Å². The van der Waals surface area contributed by atoms with Crippen molar-refractivity contribution in [2.24, 2.45) is 51.2 Å². The van der Waals surface area contributed by atoms with Crippen molar-refractivity contribution < 1.29 is 19.8 Å². The highest BCUT2D eigenvalue weighted by molar-refractivity contribution is 5.88. The Morgan fingerprint density at radius 1 is 0.865 bits per heavy atom. The third-order valence-electron chi connectivity index (χ3n) is 16.4. The lowest BCUT2D eigenvalue weighted by atomic mass is 9.33. The second-order valence-electron chi connectivity index (χ2n) is 18.8. The number of amides is 1. The van der Waals surface area contributed by atoms with Gasteiger partial charge < -0.3 is 15.5 Å². The van der Waals surface area contributed by atoms with Crippen LogP contribution in [0.4, 0.5) is 0 Å². The number of fused-ring (bicyclic) bond motifs is 7. The minimum atomic E-state index is -0.881. The van der Waals surface area contributed by atoms with Crippen LogP contribution in [-0.2, 0) is 4.79 Å². The number of hydrogen-bond donors (Lipinski definition) is 4. The molecule has 1 amide bonds. The van der Waals surface area contributed by atoms with Crippen LogP contribution in [0.5, 0.6) is 0 Å². The first kappa shape index (κ1) is 37.1. The molecule has 5 aliphatic carbocycles. The molecule has 280 valence electrons. The van der Waals surface area contributed by atoms with Gasteiger partial charge in [-0.25, -0.2) is 4.79 Å². The Hall–Kier alpha value is -3.22. The Balaban J connectivity index is 1.15. The van der Waals surface area contributed by atoms with Crippen LogP contribution in [-0.4, -0.2) is 40.8 Å². The summed E-state index contributed by atoms with van der Waals surface area (Å²) in [7, 11) is 0. The first-order valence-corrected chi connectivity index (χ1v) is 20.0. The lowest BCUT2D eigenvalue weighted by molar-refractivity contribution is -0.219. The van der Waals surface area contributed by atoms with Crippen molar-refractivity contribution >= 4 is 17.4 Å². The van der Waals surface area contributed by atoms with Crippen molar-refractivity contribution in [3.05, 3.63) is 89.5 Å². The maximum Gasteiger partial charge on any atom is 0.335 e. The minimum absolute atomic E-state index is 0.0249. The van der Waals surface area contributed by atoms with Crippen LogP contribution in [0.3, 0.4) is 0 Å². The van der Waals surface area contributed by atoms with Gasteiger partial charge in [0.15, 0.2) is 0 Å². The van der Waals surface area contributed by atoms with E-state index in [0.717, 1.165) is 43.2 Å². The number of rotatable bonds is 9. The Bertz CT molecular complexity index is 1730. The summed E-state index contributed by atoms with van der Waals surface area (Å²) < 4.78 is 0. The molecule has 0 aliphatic heterocycles. The number of hydrogen-bond acceptors (Lipinski definition) is 4. The molecule has 10 atom stereocenters. The number of carboxylic acids is 1. The molecule has 0 heterocycles. The zero-order valence-corrected chi connectivity index (χ0v) is 32.4. The van der Waals surface area contributed by atoms with Crippen LogP contribution in [0.15, 0.2) is 72.8 Å². The highest BCUT2D eigenvalue weighted by Gasteiger charge is 2.70. The number of carboxylic acid groups (broad SMARTS) is 1. The predicted molar refractivity (Wildman–Crippen MR) is 208 cm³/mol. The molecular formula is C46H62N2O4. The number of aliphatic hydroxyl groups is 1. The van der Waals surface area contributed by atoms with Crippen molar-refractivity contribution in [1.29, 1.82) is 0 Å². The van der Waals surface area contributed by atoms with Crippen LogP contribution in [0.2, 0.25) is 0 Å². The maximum atomic E-state index is 13.8. The predicted octanol–water partition coefficient (Wildman–Crippen LogP) is 9.23. The zero-order chi connectivity index (χ0) is 37.3. The highest BCUT2D eigenvalue weighted by atomic mass is 16.4. The third-order valence-corrected chi connectivity index (χ3v) is 16.4. The Kier molecular flexibility index (Phi) is 9.47. The molecule has 6 heteroatoms.